The first kappa shape index (κ1) is 19.1. The van der Waals surface area contributed by atoms with Crippen LogP contribution in [0, 0.1) is 13.8 Å². The van der Waals surface area contributed by atoms with Gasteiger partial charge < -0.3 is 0 Å². The van der Waals surface area contributed by atoms with E-state index in [9.17, 15) is 13.2 Å². The van der Waals surface area contributed by atoms with Crippen LogP contribution in [0.5, 0.6) is 0 Å². The molecule has 1 aromatic carbocycles. The minimum atomic E-state index is -3.30. The number of hydrogen-bond acceptors (Lipinski definition) is 5. The summed E-state index contributed by atoms with van der Waals surface area (Å²) < 4.78 is 27.3. The number of sulfone groups is 1. The SMILES string of the molecule is Cc1cn2c(C=CC(=O)c3ccc(S(=O)(=O)C4CCCC4)cc3)c(C)nc2s1. The largest absolute Gasteiger partial charge is 0.290 e. The second-order valence-corrected chi connectivity index (χ2v) is 10.7. The normalized spacial score (nSPS) is 15.8. The van der Waals surface area contributed by atoms with E-state index >= 15 is 0 Å². The summed E-state index contributed by atoms with van der Waals surface area (Å²) in [6.07, 6.45) is 8.69. The smallest absolute Gasteiger partial charge is 0.194 e. The number of benzene rings is 1. The average molecular weight is 415 g/mol. The van der Waals surface area contributed by atoms with E-state index in [-0.39, 0.29) is 11.0 Å². The molecular weight excluding hydrogens is 392 g/mol. The monoisotopic (exact) mass is 414 g/mol. The molecule has 0 N–H and O–H groups in total. The number of aromatic nitrogens is 2. The Hall–Kier alpha value is -2.25. The third kappa shape index (κ3) is 3.44. The lowest BCUT2D eigenvalue weighted by Gasteiger charge is -2.11. The molecule has 0 aliphatic heterocycles. The fraction of sp³-hybridized carbons (Fsp3) is 0.333. The second kappa shape index (κ2) is 7.29. The van der Waals surface area contributed by atoms with Crippen LogP contribution < -0.4 is 0 Å². The van der Waals surface area contributed by atoms with Gasteiger partial charge in [-0.1, -0.05) is 12.8 Å². The number of carbonyl (C=O) groups excluding carboxylic acids is 1. The van der Waals surface area contributed by atoms with Crippen molar-refractivity contribution in [3.63, 3.8) is 0 Å². The van der Waals surface area contributed by atoms with Gasteiger partial charge in [-0.2, -0.15) is 0 Å². The van der Waals surface area contributed by atoms with Crippen molar-refractivity contribution >= 4 is 38.0 Å². The number of rotatable bonds is 5. The predicted molar refractivity (Wildman–Crippen MR) is 112 cm³/mol. The van der Waals surface area contributed by atoms with Gasteiger partial charge >= 0.3 is 0 Å². The fourth-order valence-electron chi connectivity index (χ4n) is 3.73. The minimum Gasteiger partial charge on any atom is -0.290 e. The molecule has 146 valence electrons. The topological polar surface area (TPSA) is 68.5 Å². The molecule has 3 aromatic rings. The molecule has 7 heteroatoms. The van der Waals surface area contributed by atoms with E-state index in [0.29, 0.717) is 10.5 Å². The molecule has 2 heterocycles. The van der Waals surface area contributed by atoms with E-state index in [2.05, 4.69) is 4.98 Å². The first-order valence-corrected chi connectivity index (χ1v) is 11.7. The second-order valence-electron chi connectivity index (χ2n) is 7.25. The van der Waals surface area contributed by atoms with Crippen molar-refractivity contribution in [1.29, 1.82) is 0 Å². The van der Waals surface area contributed by atoms with E-state index in [1.54, 1.807) is 41.7 Å². The van der Waals surface area contributed by atoms with Crippen LogP contribution >= 0.6 is 11.3 Å². The zero-order chi connectivity index (χ0) is 19.9. The van der Waals surface area contributed by atoms with Crippen LogP contribution in [0.25, 0.3) is 11.0 Å². The lowest BCUT2D eigenvalue weighted by Crippen LogP contribution is -2.17. The third-order valence-electron chi connectivity index (χ3n) is 5.26. The van der Waals surface area contributed by atoms with Gasteiger partial charge in [0.25, 0.3) is 0 Å². The number of allylic oxidation sites excluding steroid dienone is 1. The van der Waals surface area contributed by atoms with Crippen molar-refractivity contribution in [2.45, 2.75) is 49.7 Å². The van der Waals surface area contributed by atoms with Gasteiger partial charge in [0.2, 0.25) is 0 Å². The van der Waals surface area contributed by atoms with Crippen molar-refractivity contribution in [1.82, 2.24) is 9.38 Å². The number of imidazole rings is 1. The van der Waals surface area contributed by atoms with Crippen LogP contribution in [0.4, 0.5) is 0 Å². The molecule has 0 atom stereocenters. The molecule has 0 amide bonds. The first-order valence-electron chi connectivity index (χ1n) is 9.38. The van der Waals surface area contributed by atoms with Crippen LogP contribution in [0.1, 0.15) is 52.3 Å². The molecule has 1 saturated carbocycles. The van der Waals surface area contributed by atoms with E-state index in [1.807, 2.05) is 24.4 Å². The Balaban J connectivity index is 1.55. The maximum atomic E-state index is 12.7. The van der Waals surface area contributed by atoms with Crippen LogP contribution in [0.3, 0.4) is 0 Å². The molecule has 0 spiro atoms. The molecule has 0 bridgehead atoms. The Morgan fingerprint density at radius 3 is 2.54 bits per heavy atom. The van der Waals surface area contributed by atoms with Crippen molar-refractivity contribution in [3.8, 4) is 0 Å². The van der Waals surface area contributed by atoms with Crippen molar-refractivity contribution < 1.29 is 13.2 Å². The van der Waals surface area contributed by atoms with Gasteiger partial charge in [-0.05, 0) is 63.1 Å². The number of thiazole rings is 1. The van der Waals surface area contributed by atoms with Gasteiger partial charge in [-0.25, -0.2) is 13.4 Å². The van der Waals surface area contributed by atoms with Gasteiger partial charge in [0.15, 0.2) is 20.6 Å². The summed E-state index contributed by atoms with van der Waals surface area (Å²) in [5.74, 6) is -0.161. The maximum absolute atomic E-state index is 12.7. The lowest BCUT2D eigenvalue weighted by molar-refractivity contribution is 0.104. The molecular formula is C21H22N2O3S2. The highest BCUT2D eigenvalue weighted by Crippen LogP contribution is 2.29. The Bertz CT molecular complexity index is 1160. The van der Waals surface area contributed by atoms with Gasteiger partial charge in [-0.15, -0.1) is 11.3 Å². The molecule has 0 radical (unpaired) electrons. The Morgan fingerprint density at radius 2 is 1.86 bits per heavy atom. The van der Waals surface area contributed by atoms with Crippen molar-refractivity contribution in [3.05, 3.63) is 58.4 Å². The maximum Gasteiger partial charge on any atom is 0.194 e. The summed E-state index contributed by atoms with van der Waals surface area (Å²) in [6, 6.07) is 6.31. The third-order valence-corrected chi connectivity index (χ3v) is 8.44. The number of aryl methyl sites for hydroxylation is 2. The van der Waals surface area contributed by atoms with E-state index < -0.39 is 9.84 Å². The van der Waals surface area contributed by atoms with Crippen molar-refractivity contribution in [2.75, 3.05) is 0 Å². The summed E-state index contributed by atoms with van der Waals surface area (Å²) >= 11 is 1.61. The van der Waals surface area contributed by atoms with Crippen LogP contribution in [0.15, 0.2) is 41.4 Å². The van der Waals surface area contributed by atoms with Gasteiger partial charge in [0, 0.05) is 16.6 Å². The molecule has 1 aliphatic rings. The molecule has 2 aromatic heterocycles. The Morgan fingerprint density at radius 1 is 1.18 bits per heavy atom. The van der Waals surface area contributed by atoms with Crippen LogP contribution in [0.2, 0.25) is 0 Å². The van der Waals surface area contributed by atoms with Gasteiger partial charge in [0.1, 0.15) is 0 Å². The fourth-order valence-corrected chi connectivity index (χ4v) is 6.46. The molecule has 4 rings (SSSR count). The molecule has 28 heavy (non-hydrogen) atoms. The number of hydrogen-bond donors (Lipinski definition) is 0. The predicted octanol–water partition coefficient (Wildman–Crippen LogP) is 4.63. The summed E-state index contributed by atoms with van der Waals surface area (Å²) in [4.78, 5) is 19.4. The number of carbonyl (C=O) groups is 1. The molecule has 1 fully saturated rings. The summed E-state index contributed by atoms with van der Waals surface area (Å²) in [5, 5.41) is -0.282. The molecule has 5 nitrogen and oxygen atoms in total. The van der Waals surface area contributed by atoms with Gasteiger partial charge in [-0.3, -0.25) is 9.20 Å². The lowest BCUT2D eigenvalue weighted by atomic mass is 10.1. The van der Waals surface area contributed by atoms with Crippen LogP contribution in [-0.4, -0.2) is 28.8 Å². The number of ketones is 1. The highest BCUT2D eigenvalue weighted by molar-refractivity contribution is 7.92. The van der Waals surface area contributed by atoms with E-state index in [1.165, 1.54) is 6.08 Å². The van der Waals surface area contributed by atoms with E-state index in [4.69, 9.17) is 0 Å². The van der Waals surface area contributed by atoms with Crippen LogP contribution in [-0.2, 0) is 9.84 Å². The molecule has 1 aliphatic carbocycles. The van der Waals surface area contributed by atoms with Gasteiger partial charge in [0.05, 0.1) is 21.5 Å². The Kier molecular flexibility index (Phi) is 4.97. The zero-order valence-electron chi connectivity index (χ0n) is 15.9. The highest BCUT2D eigenvalue weighted by Gasteiger charge is 2.30. The number of fused-ring (bicyclic) bond motifs is 1. The molecule has 0 unspecified atom stereocenters. The number of nitrogens with zero attached hydrogens (tertiary/aromatic N) is 2. The van der Waals surface area contributed by atoms with E-state index in [0.717, 1.165) is 46.9 Å². The summed E-state index contributed by atoms with van der Waals surface area (Å²) in [6.45, 7) is 3.94. The minimum absolute atomic E-state index is 0.161. The van der Waals surface area contributed by atoms with Crippen molar-refractivity contribution in [2.24, 2.45) is 0 Å². The average Bonchev–Trinajstić information content (AvgIpc) is 3.37. The zero-order valence-corrected chi connectivity index (χ0v) is 17.5. The summed E-state index contributed by atoms with van der Waals surface area (Å²) in [5.41, 5.74) is 2.22. The standard InChI is InChI=1S/C21H22N2O3S2/c1-14-13-23-19(15(2)22-21(23)27-14)11-12-20(24)16-7-9-18(10-8-16)28(25,26)17-5-3-4-6-17/h7-13,17H,3-6H2,1-2H3. The quantitative estimate of drug-likeness (QED) is 0.451. The highest BCUT2D eigenvalue weighted by atomic mass is 32.2. The molecule has 0 saturated heterocycles. The Labute approximate surface area is 168 Å². The first-order chi connectivity index (χ1) is 13.4. The summed E-state index contributed by atoms with van der Waals surface area (Å²) in [7, 11) is -3.30.